The summed E-state index contributed by atoms with van der Waals surface area (Å²) in [6.07, 6.45) is 3.32. The number of aryl methyl sites for hydroxylation is 1. The largest absolute Gasteiger partial charge is 0.480 e. The Hall–Kier alpha value is -9.39. The number of nitrogens with zero attached hydrogens (tertiary/aromatic N) is 13. The number of likely N-dealkylation sites (N-methyl/N-ethyl adjacent to an activating group) is 1. The molecule has 13 rings (SSSR count). The van der Waals surface area contributed by atoms with E-state index in [-0.39, 0.29) is 58.4 Å². The molecule has 4 fully saturated rings. The molecule has 25 nitrogen and oxygen atoms in total. The number of urea groups is 2. The van der Waals surface area contributed by atoms with Crippen LogP contribution in [0.4, 0.5) is 35.4 Å². The van der Waals surface area contributed by atoms with Crippen LogP contribution in [-0.4, -0.2) is 202 Å². The highest BCUT2D eigenvalue weighted by molar-refractivity contribution is 7.12. The summed E-state index contributed by atoms with van der Waals surface area (Å²) < 4.78 is 40.0. The van der Waals surface area contributed by atoms with Crippen LogP contribution in [-0.2, 0) is 35.2 Å². The molecule has 4 N–H and O–H groups in total. The number of carbonyl (C=O) groups is 6. The quantitative estimate of drug-likeness (QED) is 0.0645. The van der Waals surface area contributed by atoms with E-state index in [4.69, 9.17) is 47.8 Å². The van der Waals surface area contributed by atoms with Crippen molar-refractivity contribution in [1.29, 1.82) is 0 Å². The third-order valence-electron chi connectivity index (χ3n) is 17.0. The fraction of sp³-hybridized carbons (Fsp3) is 0.317. The molecule has 0 spiro atoms. The molecule has 0 saturated carbocycles. The molecular formula is C63H61Cl2F2N15O10S2. The van der Waals surface area contributed by atoms with Crippen molar-refractivity contribution < 1.29 is 57.2 Å². The first-order valence-corrected chi connectivity index (χ1v) is 32.1. The monoisotopic (exact) mass is 1360 g/mol. The van der Waals surface area contributed by atoms with Gasteiger partial charge in [-0.15, -0.1) is 22.7 Å². The molecule has 4 aromatic carbocycles. The van der Waals surface area contributed by atoms with Crippen molar-refractivity contribution in [2.75, 3.05) is 108 Å². The summed E-state index contributed by atoms with van der Waals surface area (Å²) in [6, 6.07) is 18.5. The molecule has 0 unspecified atom stereocenters. The maximum atomic E-state index is 14.0. The van der Waals surface area contributed by atoms with Crippen LogP contribution in [0.15, 0.2) is 135 Å². The van der Waals surface area contributed by atoms with E-state index in [0.29, 0.717) is 132 Å². The Bertz CT molecular complexity index is 4270. The maximum Gasteiger partial charge on any atom is 0.338 e. The number of ether oxygens (including phenoxy) is 2. The zero-order chi connectivity index (χ0) is 66.2. The van der Waals surface area contributed by atoms with Crippen LogP contribution in [0.25, 0.3) is 11.0 Å². The van der Waals surface area contributed by atoms with Gasteiger partial charge in [-0.05, 0) is 73.7 Å². The second kappa shape index (κ2) is 27.3. The average molecular weight is 1360 g/mol. The molecule has 3 aromatic heterocycles. The van der Waals surface area contributed by atoms with E-state index >= 15 is 0 Å². The number of piperazine rings is 2. The Morgan fingerprint density at radius 2 is 1.15 bits per heavy atom. The van der Waals surface area contributed by atoms with Crippen LogP contribution in [0, 0.1) is 18.6 Å². The number of carboxylic acids is 2. The van der Waals surface area contributed by atoms with E-state index in [0.717, 1.165) is 11.4 Å². The number of amides is 4. The zero-order valence-electron chi connectivity index (χ0n) is 50.9. The zero-order valence-corrected chi connectivity index (χ0v) is 54.1. The molecule has 4 atom stereocenters. The number of aliphatic carboxylic acids is 2. The number of nitrogens with one attached hydrogen (secondary N) is 2. The second-order valence-electron chi connectivity index (χ2n) is 22.8. The van der Waals surface area contributed by atoms with Gasteiger partial charge < -0.3 is 49.6 Å². The van der Waals surface area contributed by atoms with Crippen molar-refractivity contribution in [2.24, 2.45) is 9.98 Å². The molecule has 0 radical (unpaired) electrons. The highest BCUT2D eigenvalue weighted by Gasteiger charge is 2.45. The predicted molar refractivity (Wildman–Crippen MR) is 349 cm³/mol. The van der Waals surface area contributed by atoms with Crippen LogP contribution in [0.1, 0.15) is 39.1 Å². The number of rotatable bonds is 17. The first kappa shape index (κ1) is 64.7. The lowest BCUT2D eigenvalue weighted by Crippen LogP contribution is -2.53. The Balaban J connectivity index is 0.000000181. The summed E-state index contributed by atoms with van der Waals surface area (Å²) in [4.78, 5) is 112. The minimum atomic E-state index is -0.961. The fourth-order valence-electron chi connectivity index (χ4n) is 12.6. The molecule has 6 aliphatic heterocycles. The standard InChI is InChI=1S/C32H30ClFN8O5S.C31H31ClFN7O5S/c1-17-36-23-12-19(4-6-25(23)41(17)16-26(43)44)42-14-20-13-39(8-9-40(20)32(42)46)15-24-27(31(45)47-2)28(21-5-3-18(34)11-22(21)33)38-29(37-24)30-35-7-10-48-30;1-37(17-25(41)42)19-4-6-20(7-5-19)40-15-21-14-38(10-11-39(21)31(40)44)16-24-26(30(43)45-2)27(22-8-3-18(33)13-23(22)32)36-28(35-24)29-34-9-12-46-29/h3-7,10-12,20,28H,8-9,13-16H2,1-2H3,(H,37,38)(H,43,44);3-9,12-13,21,27H,10-11,14-17H2,1-2H3,(H,35,36)(H,41,42)/t20-,28-;21-,27-/m00/s1. The molecule has 0 aliphatic carbocycles. The molecule has 94 heavy (non-hydrogen) atoms. The maximum absolute atomic E-state index is 14.0. The number of benzene rings is 4. The number of hydrogen-bond donors (Lipinski definition) is 4. The number of anilines is 3. The van der Waals surface area contributed by atoms with E-state index in [1.165, 1.54) is 73.3 Å². The average Bonchev–Trinajstić information content (AvgIpc) is 1.26. The molecule has 6 aliphatic rings. The number of carbonyl (C=O) groups excluding carboxylic acids is 4. The van der Waals surface area contributed by atoms with Crippen LogP contribution < -0.4 is 25.3 Å². The molecule has 9 heterocycles. The Morgan fingerprint density at radius 1 is 0.660 bits per heavy atom. The summed E-state index contributed by atoms with van der Waals surface area (Å²) in [5, 5.41) is 30.2. The summed E-state index contributed by atoms with van der Waals surface area (Å²) in [5.41, 5.74) is 5.99. The first-order chi connectivity index (χ1) is 45.2. The van der Waals surface area contributed by atoms with Crippen molar-refractivity contribution in [1.82, 2.24) is 49.8 Å². The van der Waals surface area contributed by atoms with Crippen molar-refractivity contribution in [3.05, 3.63) is 173 Å². The number of carboxylic acid groups (broad SMARTS) is 2. The van der Waals surface area contributed by atoms with Gasteiger partial charge in [0.1, 0.15) is 42.6 Å². The number of methoxy groups -OCH3 is 2. The number of imidazole rings is 1. The third kappa shape index (κ3) is 13.3. The minimum Gasteiger partial charge on any atom is -0.480 e. The Labute approximate surface area is 554 Å². The van der Waals surface area contributed by atoms with Crippen molar-refractivity contribution >= 4 is 122 Å². The summed E-state index contributed by atoms with van der Waals surface area (Å²) in [7, 11) is 4.29. The minimum absolute atomic E-state index is 0.0919. The van der Waals surface area contributed by atoms with Crippen molar-refractivity contribution in [3.63, 3.8) is 0 Å². The van der Waals surface area contributed by atoms with Crippen molar-refractivity contribution in [3.8, 4) is 0 Å². The lowest BCUT2D eigenvalue weighted by atomic mass is 9.95. The van der Waals surface area contributed by atoms with E-state index in [1.807, 2.05) is 44.8 Å². The van der Waals surface area contributed by atoms with Gasteiger partial charge in [-0.25, -0.2) is 42.9 Å². The number of hydrogen-bond acceptors (Lipinski definition) is 20. The van der Waals surface area contributed by atoms with E-state index in [2.05, 4.69) is 35.4 Å². The third-order valence-corrected chi connectivity index (χ3v) is 19.2. The van der Waals surface area contributed by atoms with E-state index in [1.54, 1.807) is 63.8 Å². The summed E-state index contributed by atoms with van der Waals surface area (Å²) in [6.45, 7) is 6.09. The van der Waals surface area contributed by atoms with Gasteiger partial charge in [0.05, 0.1) is 48.5 Å². The lowest BCUT2D eigenvalue weighted by molar-refractivity contribution is -0.138. The first-order valence-electron chi connectivity index (χ1n) is 29.6. The highest BCUT2D eigenvalue weighted by atomic mass is 35.5. The van der Waals surface area contributed by atoms with Gasteiger partial charge in [0.2, 0.25) is 0 Å². The molecule has 488 valence electrons. The van der Waals surface area contributed by atoms with Crippen LogP contribution in [0.2, 0.25) is 10.0 Å². The van der Waals surface area contributed by atoms with Crippen LogP contribution >= 0.6 is 45.9 Å². The Kier molecular flexibility index (Phi) is 18.8. The molecule has 4 amide bonds. The molecule has 31 heteroatoms. The second-order valence-corrected chi connectivity index (χ2v) is 25.4. The fourth-order valence-corrected chi connectivity index (χ4v) is 14.3. The van der Waals surface area contributed by atoms with Gasteiger partial charge in [0, 0.05) is 145 Å². The van der Waals surface area contributed by atoms with Gasteiger partial charge in [0.25, 0.3) is 0 Å². The number of aliphatic imine (C=N–C) groups is 2. The highest BCUT2D eigenvalue weighted by Crippen LogP contribution is 2.40. The van der Waals surface area contributed by atoms with Gasteiger partial charge in [-0.3, -0.25) is 39.2 Å². The summed E-state index contributed by atoms with van der Waals surface area (Å²) in [5.74, 6) is -2.60. The molecule has 7 aromatic rings. The predicted octanol–water partition coefficient (Wildman–Crippen LogP) is 7.42. The van der Waals surface area contributed by atoms with Gasteiger partial charge in [-0.2, -0.15) is 0 Å². The topological polar surface area (TPSA) is 276 Å². The number of amidine groups is 2. The van der Waals surface area contributed by atoms with Crippen LogP contribution in [0.3, 0.4) is 0 Å². The van der Waals surface area contributed by atoms with Gasteiger partial charge in [-0.1, -0.05) is 35.3 Å². The summed E-state index contributed by atoms with van der Waals surface area (Å²) >= 11 is 15.7. The molecule has 4 saturated heterocycles. The molecule has 0 bridgehead atoms. The SMILES string of the molecule is COC(=O)C1=C(CN2CCN3C(=O)N(c4ccc(N(C)CC(=O)O)cc4)C[C@@H]3C2)NC(c2nccs2)=N[C@H]1c1ccc(F)cc1Cl.COC(=O)C1=C(CN2CCN3C(=O)N(c4ccc5c(c4)nc(C)n5CC(=O)O)C[C@@H]3C2)NC(c2nccs2)=N[C@H]1c1ccc(F)cc1Cl. The van der Waals surface area contributed by atoms with Gasteiger partial charge in [0.15, 0.2) is 21.7 Å². The number of esters is 2. The normalized spacial score (nSPS) is 19.9. The molecular weight excluding hydrogens is 1300 g/mol. The number of thiazole rings is 2. The number of halogens is 4. The van der Waals surface area contributed by atoms with Crippen LogP contribution in [0.5, 0.6) is 0 Å². The smallest absolute Gasteiger partial charge is 0.338 e. The lowest BCUT2D eigenvalue weighted by Gasteiger charge is -2.38. The van der Waals surface area contributed by atoms with E-state index in [9.17, 15) is 42.7 Å². The number of fused-ring (bicyclic) bond motifs is 3. The number of aromatic nitrogens is 4. The van der Waals surface area contributed by atoms with Gasteiger partial charge >= 0.3 is 35.9 Å². The Morgan fingerprint density at radius 3 is 1.60 bits per heavy atom. The van der Waals surface area contributed by atoms with E-state index < -0.39 is 47.6 Å². The van der Waals surface area contributed by atoms with Crippen molar-refractivity contribution in [2.45, 2.75) is 37.6 Å².